The Hall–Kier alpha value is -2.93. The van der Waals surface area contributed by atoms with Crippen LogP contribution < -0.4 is 11.1 Å². The molecule has 0 fully saturated rings. The fourth-order valence-corrected chi connectivity index (χ4v) is 3.73. The summed E-state index contributed by atoms with van der Waals surface area (Å²) in [6, 6.07) is 10.9. The minimum absolute atomic E-state index is 0.227. The number of hydrogen-bond donors (Lipinski definition) is 2. The van der Waals surface area contributed by atoms with E-state index in [1.807, 2.05) is 44.2 Å². The Bertz CT molecular complexity index is 959. The van der Waals surface area contributed by atoms with E-state index < -0.39 is 11.9 Å². The topological polar surface area (TPSA) is 90.0 Å². The first-order valence-electron chi connectivity index (χ1n) is 8.18. The molecule has 1 aromatic carbocycles. The van der Waals surface area contributed by atoms with Gasteiger partial charge in [0.25, 0.3) is 5.91 Å². The molecule has 0 aliphatic heterocycles. The van der Waals surface area contributed by atoms with Crippen molar-refractivity contribution < 1.29 is 9.59 Å². The molecular formula is C19H20N4O2S. The summed E-state index contributed by atoms with van der Waals surface area (Å²) >= 11 is 1.33. The second-order valence-electron chi connectivity index (χ2n) is 6.07. The average molecular weight is 368 g/mol. The van der Waals surface area contributed by atoms with Crippen molar-refractivity contribution in [1.82, 2.24) is 9.55 Å². The standard InChI is InChI=1S/C19H20N4O2S/c1-11-12(2)23(10-21-11)13(3)18(25)22-19-15(17(20)24)9-16(26-19)14-7-5-4-6-8-14/h4-10,13H,1-3H3,(H2,20,24)(H,22,25)/t13-/m1/s1. The molecule has 2 aromatic heterocycles. The van der Waals surface area contributed by atoms with Crippen LogP contribution in [0, 0.1) is 13.8 Å². The Balaban J connectivity index is 1.89. The number of carbonyl (C=O) groups is 2. The van der Waals surface area contributed by atoms with Gasteiger partial charge in [-0.05, 0) is 32.4 Å². The van der Waals surface area contributed by atoms with Gasteiger partial charge in [0.2, 0.25) is 5.91 Å². The number of rotatable bonds is 5. The third-order valence-corrected chi connectivity index (χ3v) is 5.48. The Morgan fingerprint density at radius 1 is 1.23 bits per heavy atom. The molecule has 2 amide bonds. The Morgan fingerprint density at radius 2 is 1.92 bits per heavy atom. The molecule has 0 bridgehead atoms. The van der Waals surface area contributed by atoms with E-state index >= 15 is 0 Å². The number of nitrogens with one attached hydrogen (secondary N) is 1. The van der Waals surface area contributed by atoms with Crippen LogP contribution in [0.2, 0.25) is 0 Å². The zero-order valence-corrected chi connectivity index (χ0v) is 15.6. The molecule has 134 valence electrons. The number of nitrogens with two attached hydrogens (primary N) is 1. The molecule has 0 unspecified atom stereocenters. The predicted molar refractivity (Wildman–Crippen MR) is 103 cm³/mol. The normalized spacial score (nSPS) is 12.0. The molecule has 2 heterocycles. The smallest absolute Gasteiger partial charge is 0.251 e. The lowest BCUT2D eigenvalue weighted by molar-refractivity contribution is -0.118. The van der Waals surface area contributed by atoms with Gasteiger partial charge in [-0.25, -0.2) is 4.98 Å². The average Bonchev–Trinajstić information content (AvgIpc) is 3.19. The van der Waals surface area contributed by atoms with Crippen molar-refractivity contribution in [2.75, 3.05) is 5.32 Å². The van der Waals surface area contributed by atoms with E-state index in [9.17, 15) is 9.59 Å². The summed E-state index contributed by atoms with van der Waals surface area (Å²) in [4.78, 5) is 29.6. The maximum absolute atomic E-state index is 12.7. The van der Waals surface area contributed by atoms with E-state index in [2.05, 4.69) is 10.3 Å². The number of anilines is 1. The summed E-state index contributed by atoms with van der Waals surface area (Å²) in [6.07, 6.45) is 1.65. The van der Waals surface area contributed by atoms with Crippen LogP contribution in [0.1, 0.15) is 34.7 Å². The van der Waals surface area contributed by atoms with Gasteiger partial charge in [-0.3, -0.25) is 9.59 Å². The molecule has 6 nitrogen and oxygen atoms in total. The maximum Gasteiger partial charge on any atom is 0.251 e. The highest BCUT2D eigenvalue weighted by molar-refractivity contribution is 7.20. The lowest BCUT2D eigenvalue weighted by Gasteiger charge is -2.15. The third-order valence-electron chi connectivity index (χ3n) is 4.38. The maximum atomic E-state index is 12.7. The highest BCUT2D eigenvalue weighted by Crippen LogP contribution is 2.35. The number of nitrogens with zero attached hydrogens (tertiary/aromatic N) is 2. The van der Waals surface area contributed by atoms with E-state index in [0.29, 0.717) is 10.6 Å². The van der Waals surface area contributed by atoms with Crippen molar-refractivity contribution in [2.24, 2.45) is 5.73 Å². The van der Waals surface area contributed by atoms with Gasteiger partial charge in [-0.2, -0.15) is 0 Å². The highest BCUT2D eigenvalue weighted by Gasteiger charge is 2.22. The van der Waals surface area contributed by atoms with E-state index in [-0.39, 0.29) is 5.91 Å². The largest absolute Gasteiger partial charge is 0.366 e. The van der Waals surface area contributed by atoms with Crippen molar-refractivity contribution in [1.29, 1.82) is 0 Å². The van der Waals surface area contributed by atoms with E-state index in [1.54, 1.807) is 23.9 Å². The van der Waals surface area contributed by atoms with Gasteiger partial charge in [0.05, 0.1) is 17.6 Å². The Labute approximate surface area is 155 Å². The Morgan fingerprint density at radius 3 is 2.50 bits per heavy atom. The molecule has 3 rings (SSSR count). The van der Waals surface area contributed by atoms with Crippen LogP contribution in [0.3, 0.4) is 0 Å². The summed E-state index contributed by atoms with van der Waals surface area (Å²) < 4.78 is 1.81. The van der Waals surface area contributed by atoms with Crippen LogP contribution in [0.25, 0.3) is 10.4 Å². The van der Waals surface area contributed by atoms with Gasteiger partial charge in [-0.15, -0.1) is 11.3 Å². The van der Waals surface area contributed by atoms with Crippen LogP contribution in [-0.2, 0) is 4.79 Å². The second-order valence-corrected chi connectivity index (χ2v) is 7.12. The van der Waals surface area contributed by atoms with Crippen LogP contribution in [0.15, 0.2) is 42.7 Å². The number of primary amides is 1. The van der Waals surface area contributed by atoms with Gasteiger partial charge in [0, 0.05) is 10.6 Å². The summed E-state index contributed by atoms with van der Waals surface area (Å²) in [7, 11) is 0. The molecule has 0 aliphatic rings. The van der Waals surface area contributed by atoms with E-state index in [4.69, 9.17) is 5.73 Å². The number of benzene rings is 1. The lowest BCUT2D eigenvalue weighted by atomic mass is 10.1. The van der Waals surface area contributed by atoms with Crippen LogP contribution >= 0.6 is 11.3 Å². The molecule has 3 aromatic rings. The molecule has 7 heteroatoms. The first-order chi connectivity index (χ1) is 12.4. The van der Waals surface area contributed by atoms with Crippen LogP contribution in [0.5, 0.6) is 0 Å². The zero-order valence-electron chi connectivity index (χ0n) is 14.8. The van der Waals surface area contributed by atoms with Gasteiger partial charge >= 0.3 is 0 Å². The van der Waals surface area contributed by atoms with Crippen molar-refractivity contribution in [3.63, 3.8) is 0 Å². The second kappa shape index (κ2) is 7.13. The quantitative estimate of drug-likeness (QED) is 0.722. The summed E-state index contributed by atoms with van der Waals surface area (Å²) in [5.41, 5.74) is 8.59. The summed E-state index contributed by atoms with van der Waals surface area (Å²) in [5, 5.41) is 3.31. The minimum atomic E-state index is -0.568. The fraction of sp³-hybridized carbons (Fsp3) is 0.211. The number of thiophene rings is 1. The molecule has 0 radical (unpaired) electrons. The van der Waals surface area contributed by atoms with Gasteiger partial charge in [0.1, 0.15) is 11.0 Å². The molecule has 26 heavy (non-hydrogen) atoms. The Kier molecular flexibility index (Phi) is 4.90. The lowest BCUT2D eigenvalue weighted by Crippen LogP contribution is -2.25. The molecule has 1 atom stereocenters. The molecule has 3 N–H and O–H groups in total. The van der Waals surface area contributed by atoms with E-state index in [1.165, 1.54) is 11.3 Å². The zero-order chi connectivity index (χ0) is 18.8. The third kappa shape index (κ3) is 3.39. The van der Waals surface area contributed by atoms with Crippen molar-refractivity contribution in [3.05, 3.63) is 59.7 Å². The van der Waals surface area contributed by atoms with Gasteiger partial charge < -0.3 is 15.6 Å². The number of carbonyl (C=O) groups excluding carboxylic acids is 2. The molecule has 0 aliphatic carbocycles. The molecule has 0 saturated heterocycles. The van der Waals surface area contributed by atoms with Crippen LogP contribution in [0.4, 0.5) is 5.00 Å². The monoisotopic (exact) mass is 368 g/mol. The van der Waals surface area contributed by atoms with Gasteiger partial charge in [-0.1, -0.05) is 30.3 Å². The molecular weight excluding hydrogens is 348 g/mol. The minimum Gasteiger partial charge on any atom is -0.366 e. The fourth-order valence-electron chi connectivity index (χ4n) is 2.66. The number of amides is 2. The first-order valence-corrected chi connectivity index (χ1v) is 9.00. The van der Waals surface area contributed by atoms with Crippen LogP contribution in [-0.4, -0.2) is 21.4 Å². The number of hydrogen-bond acceptors (Lipinski definition) is 4. The molecule has 0 spiro atoms. The SMILES string of the molecule is Cc1ncn([C@H](C)C(=O)Nc2sc(-c3ccccc3)cc2C(N)=O)c1C. The number of imidazole rings is 1. The summed E-state index contributed by atoms with van der Waals surface area (Å²) in [6.45, 7) is 5.60. The number of aryl methyl sites for hydroxylation is 1. The van der Waals surface area contributed by atoms with Gasteiger partial charge in [0.15, 0.2) is 0 Å². The van der Waals surface area contributed by atoms with Crippen molar-refractivity contribution >= 4 is 28.2 Å². The predicted octanol–water partition coefficient (Wildman–Crippen LogP) is 3.53. The summed E-state index contributed by atoms with van der Waals surface area (Å²) in [5.74, 6) is -0.796. The van der Waals surface area contributed by atoms with Crippen molar-refractivity contribution in [2.45, 2.75) is 26.8 Å². The molecule has 0 saturated carbocycles. The number of aromatic nitrogens is 2. The van der Waals surface area contributed by atoms with E-state index in [0.717, 1.165) is 21.8 Å². The van der Waals surface area contributed by atoms with Crippen molar-refractivity contribution in [3.8, 4) is 10.4 Å². The highest BCUT2D eigenvalue weighted by atomic mass is 32.1. The first kappa shape index (κ1) is 17.9.